The number of rotatable bonds is 9. The van der Waals surface area contributed by atoms with Crippen LogP contribution >= 0.6 is 11.9 Å². The van der Waals surface area contributed by atoms with Gasteiger partial charge in [-0.15, -0.1) is 0 Å². The van der Waals surface area contributed by atoms with Crippen LogP contribution in [0.4, 0.5) is 11.5 Å². The van der Waals surface area contributed by atoms with Crippen LogP contribution in [0.5, 0.6) is 0 Å². The summed E-state index contributed by atoms with van der Waals surface area (Å²) in [5.74, 6) is -1.60. The molecule has 0 bridgehead atoms. The average molecular weight is 466 g/mol. The second kappa shape index (κ2) is 11.7. The predicted octanol–water partition coefficient (Wildman–Crippen LogP) is 4.41. The summed E-state index contributed by atoms with van der Waals surface area (Å²) in [6.45, 7) is 1.42. The van der Waals surface area contributed by atoms with Crippen LogP contribution in [0.2, 0.25) is 0 Å². The second-order valence-corrected chi connectivity index (χ2v) is 7.33. The van der Waals surface area contributed by atoms with E-state index >= 15 is 0 Å². The van der Waals surface area contributed by atoms with E-state index in [4.69, 9.17) is 9.47 Å². The van der Waals surface area contributed by atoms with Gasteiger partial charge in [0, 0.05) is 23.7 Å². The van der Waals surface area contributed by atoms with Gasteiger partial charge >= 0.3 is 11.9 Å². The number of ether oxygens (including phenoxy) is 2. The summed E-state index contributed by atoms with van der Waals surface area (Å²) in [6, 6.07) is 17.5. The molecule has 0 spiro atoms. The molecule has 3 aromatic rings. The Hall–Kier alpha value is -3.85. The normalized spacial score (nSPS) is 10.2. The number of esters is 2. The summed E-state index contributed by atoms with van der Waals surface area (Å²) < 4.78 is 13.3. The van der Waals surface area contributed by atoms with Crippen molar-refractivity contribution in [2.75, 3.05) is 29.5 Å². The molecule has 0 aliphatic heterocycles. The number of hydrogen-bond donors (Lipinski definition) is 2. The topological polar surface area (TPSA) is 107 Å². The molecule has 0 aliphatic rings. The SMILES string of the molecule is CCOC(=O)c1cc(NC(=O)COC(=O)c2cccc(NSC)c2)ncc1-c1ccccc1. The zero-order valence-electron chi connectivity index (χ0n) is 18.2. The van der Waals surface area contributed by atoms with Crippen LogP contribution in [0, 0.1) is 0 Å². The van der Waals surface area contributed by atoms with Crippen molar-refractivity contribution in [3.8, 4) is 11.1 Å². The molecular formula is C24H23N3O5S. The molecule has 33 heavy (non-hydrogen) atoms. The first kappa shape index (κ1) is 23.8. The lowest BCUT2D eigenvalue weighted by Crippen LogP contribution is -2.22. The summed E-state index contributed by atoms with van der Waals surface area (Å²) in [5.41, 5.74) is 2.70. The van der Waals surface area contributed by atoms with Crippen molar-refractivity contribution in [1.29, 1.82) is 0 Å². The Balaban J connectivity index is 1.69. The van der Waals surface area contributed by atoms with Crippen molar-refractivity contribution in [3.05, 3.63) is 78.0 Å². The molecule has 1 aromatic heterocycles. The number of benzene rings is 2. The van der Waals surface area contributed by atoms with Crippen LogP contribution in [-0.4, -0.2) is 42.3 Å². The second-order valence-electron chi connectivity index (χ2n) is 6.71. The predicted molar refractivity (Wildman–Crippen MR) is 128 cm³/mol. The molecule has 0 fully saturated rings. The zero-order valence-corrected chi connectivity index (χ0v) is 19.0. The lowest BCUT2D eigenvalue weighted by molar-refractivity contribution is -0.119. The molecule has 1 amide bonds. The Morgan fingerprint density at radius 1 is 0.970 bits per heavy atom. The lowest BCUT2D eigenvalue weighted by atomic mass is 10.0. The molecule has 3 rings (SSSR count). The summed E-state index contributed by atoms with van der Waals surface area (Å²) in [6.07, 6.45) is 3.36. The summed E-state index contributed by atoms with van der Waals surface area (Å²) in [4.78, 5) is 41.3. The van der Waals surface area contributed by atoms with E-state index in [2.05, 4.69) is 15.0 Å². The monoisotopic (exact) mass is 465 g/mol. The molecule has 1 heterocycles. The number of carbonyl (C=O) groups is 3. The first-order chi connectivity index (χ1) is 16.0. The summed E-state index contributed by atoms with van der Waals surface area (Å²) >= 11 is 1.39. The number of nitrogens with one attached hydrogen (secondary N) is 2. The number of anilines is 2. The molecule has 0 unspecified atom stereocenters. The highest BCUT2D eigenvalue weighted by Crippen LogP contribution is 2.25. The Morgan fingerprint density at radius 3 is 2.48 bits per heavy atom. The van der Waals surface area contributed by atoms with Crippen LogP contribution in [0.25, 0.3) is 11.1 Å². The van der Waals surface area contributed by atoms with E-state index in [9.17, 15) is 14.4 Å². The molecule has 0 saturated carbocycles. The number of carbonyl (C=O) groups excluding carboxylic acids is 3. The van der Waals surface area contributed by atoms with Crippen molar-refractivity contribution in [1.82, 2.24) is 4.98 Å². The molecule has 2 aromatic carbocycles. The molecule has 0 atom stereocenters. The highest BCUT2D eigenvalue weighted by molar-refractivity contribution is 7.99. The number of hydrogen-bond acceptors (Lipinski definition) is 8. The Morgan fingerprint density at radius 2 is 1.76 bits per heavy atom. The van der Waals surface area contributed by atoms with Crippen molar-refractivity contribution in [2.45, 2.75) is 6.92 Å². The maximum Gasteiger partial charge on any atom is 0.338 e. The minimum Gasteiger partial charge on any atom is -0.462 e. The number of amides is 1. The quantitative estimate of drug-likeness (QED) is 0.354. The maximum absolute atomic E-state index is 12.5. The molecule has 9 heteroatoms. The minimum absolute atomic E-state index is 0.143. The van der Waals surface area contributed by atoms with Gasteiger partial charge in [-0.2, -0.15) is 0 Å². The van der Waals surface area contributed by atoms with Gasteiger partial charge in [-0.25, -0.2) is 14.6 Å². The lowest BCUT2D eigenvalue weighted by Gasteiger charge is -2.12. The van der Waals surface area contributed by atoms with E-state index in [1.165, 1.54) is 24.2 Å². The van der Waals surface area contributed by atoms with E-state index < -0.39 is 24.5 Å². The van der Waals surface area contributed by atoms with E-state index in [1.807, 2.05) is 42.7 Å². The van der Waals surface area contributed by atoms with Crippen LogP contribution in [0.3, 0.4) is 0 Å². The first-order valence-corrected chi connectivity index (χ1v) is 11.3. The average Bonchev–Trinajstić information content (AvgIpc) is 2.83. The minimum atomic E-state index is -0.630. The van der Waals surface area contributed by atoms with E-state index in [0.29, 0.717) is 11.1 Å². The standard InChI is InChI=1S/C24H23N3O5S/c1-3-31-24(30)19-13-21(25-14-20(19)16-8-5-4-6-9-16)26-22(28)15-32-23(29)17-10-7-11-18(12-17)27-33-2/h4-14,27H,3,15H2,1-2H3,(H,25,26,28). The van der Waals surface area contributed by atoms with Gasteiger partial charge in [-0.1, -0.05) is 48.3 Å². The first-order valence-electron chi connectivity index (χ1n) is 10.1. The van der Waals surface area contributed by atoms with Gasteiger partial charge in [0.25, 0.3) is 5.91 Å². The van der Waals surface area contributed by atoms with Crippen LogP contribution in [-0.2, 0) is 14.3 Å². The van der Waals surface area contributed by atoms with Crippen molar-refractivity contribution >= 4 is 41.3 Å². The molecule has 0 radical (unpaired) electrons. The van der Waals surface area contributed by atoms with Gasteiger partial charge in [0.2, 0.25) is 0 Å². The molecule has 170 valence electrons. The molecule has 8 nitrogen and oxygen atoms in total. The fourth-order valence-corrected chi connectivity index (χ4v) is 3.33. The highest BCUT2D eigenvalue weighted by atomic mass is 32.2. The highest BCUT2D eigenvalue weighted by Gasteiger charge is 2.17. The number of pyridine rings is 1. The molecule has 2 N–H and O–H groups in total. The smallest absolute Gasteiger partial charge is 0.338 e. The van der Waals surface area contributed by atoms with Gasteiger partial charge in [0.15, 0.2) is 6.61 Å². The maximum atomic E-state index is 12.5. The summed E-state index contributed by atoms with van der Waals surface area (Å²) in [5, 5.41) is 2.55. The fraction of sp³-hybridized carbons (Fsp3) is 0.167. The molecule has 0 saturated heterocycles. The van der Waals surface area contributed by atoms with Crippen LogP contribution in [0.15, 0.2) is 66.9 Å². The van der Waals surface area contributed by atoms with E-state index in [1.54, 1.807) is 25.1 Å². The van der Waals surface area contributed by atoms with Gasteiger partial charge in [-0.3, -0.25) is 4.79 Å². The van der Waals surface area contributed by atoms with Crippen molar-refractivity contribution < 1.29 is 23.9 Å². The van der Waals surface area contributed by atoms with Gasteiger partial charge < -0.3 is 19.5 Å². The third-order valence-electron chi connectivity index (χ3n) is 4.40. The van der Waals surface area contributed by atoms with E-state index in [-0.39, 0.29) is 18.0 Å². The Kier molecular flexibility index (Phi) is 8.43. The Bertz CT molecular complexity index is 1140. The van der Waals surface area contributed by atoms with E-state index in [0.717, 1.165) is 11.3 Å². The number of nitrogens with zero attached hydrogens (tertiary/aromatic N) is 1. The van der Waals surface area contributed by atoms with Crippen LogP contribution < -0.4 is 10.0 Å². The Labute approximate surface area is 195 Å². The fourth-order valence-electron chi connectivity index (χ4n) is 2.97. The van der Waals surface area contributed by atoms with Crippen molar-refractivity contribution in [2.24, 2.45) is 0 Å². The third kappa shape index (κ3) is 6.56. The summed E-state index contributed by atoms with van der Waals surface area (Å²) in [7, 11) is 0. The van der Waals surface area contributed by atoms with Crippen molar-refractivity contribution in [3.63, 3.8) is 0 Å². The zero-order chi connectivity index (χ0) is 23.6. The third-order valence-corrected chi connectivity index (χ3v) is 4.84. The largest absolute Gasteiger partial charge is 0.462 e. The molecule has 0 aliphatic carbocycles. The van der Waals surface area contributed by atoms with Crippen LogP contribution in [0.1, 0.15) is 27.6 Å². The van der Waals surface area contributed by atoms with Gasteiger partial charge in [0.1, 0.15) is 5.82 Å². The van der Waals surface area contributed by atoms with Gasteiger partial charge in [-0.05, 0) is 36.8 Å². The van der Waals surface area contributed by atoms with Gasteiger partial charge in [0.05, 0.1) is 17.7 Å². The molecular weight excluding hydrogens is 442 g/mol. The number of aromatic nitrogens is 1.